The quantitative estimate of drug-likeness (QED) is 0.344. The molecular weight excluding hydrogens is 490 g/mol. The number of amides is 2. The third-order valence-corrected chi connectivity index (χ3v) is 7.38. The molecule has 0 unspecified atom stereocenters. The van der Waals surface area contributed by atoms with Crippen molar-refractivity contribution in [2.75, 3.05) is 20.3 Å². The maximum Gasteiger partial charge on any atom is 0.248 e. The molecule has 2 amide bonds. The van der Waals surface area contributed by atoms with Crippen LogP contribution in [-0.4, -0.2) is 58.1 Å². The summed E-state index contributed by atoms with van der Waals surface area (Å²) in [5, 5.41) is 13.3. The summed E-state index contributed by atoms with van der Waals surface area (Å²) in [6.45, 7) is 1.24. The van der Waals surface area contributed by atoms with E-state index in [1.807, 2.05) is 66.0 Å². The van der Waals surface area contributed by atoms with E-state index in [2.05, 4.69) is 15.6 Å². The Labute approximate surface area is 219 Å². The van der Waals surface area contributed by atoms with Crippen LogP contribution in [0, 0.1) is 0 Å². The van der Waals surface area contributed by atoms with Gasteiger partial charge in [0.1, 0.15) is 23.9 Å². The van der Waals surface area contributed by atoms with E-state index >= 15 is 0 Å². The molecule has 1 N–H and O–H groups in total. The summed E-state index contributed by atoms with van der Waals surface area (Å²) in [7, 11) is 1.59. The van der Waals surface area contributed by atoms with Gasteiger partial charge in [0.25, 0.3) is 0 Å². The summed E-state index contributed by atoms with van der Waals surface area (Å²) >= 11 is 1.44. The fourth-order valence-corrected chi connectivity index (χ4v) is 5.42. The van der Waals surface area contributed by atoms with Gasteiger partial charge in [-0.15, -0.1) is 16.4 Å². The fraction of sp³-hybridized carbons (Fsp3) is 0.333. The first-order valence-corrected chi connectivity index (χ1v) is 13.1. The predicted octanol–water partition coefficient (Wildman–Crippen LogP) is 3.57. The lowest BCUT2D eigenvalue weighted by Crippen LogP contribution is -2.45. The number of aromatic nitrogens is 3. The number of fused-ring (bicyclic) bond motifs is 1. The molecule has 5 rings (SSSR count). The van der Waals surface area contributed by atoms with Crippen LogP contribution in [0.2, 0.25) is 0 Å². The molecule has 4 aromatic rings. The highest BCUT2D eigenvalue weighted by Gasteiger charge is 2.34. The van der Waals surface area contributed by atoms with Gasteiger partial charge in [0, 0.05) is 23.6 Å². The summed E-state index contributed by atoms with van der Waals surface area (Å²) < 4.78 is 12.8. The van der Waals surface area contributed by atoms with Crippen LogP contribution in [0.1, 0.15) is 29.3 Å². The topological polar surface area (TPSA) is 98.6 Å². The number of thiophene rings is 1. The van der Waals surface area contributed by atoms with Crippen molar-refractivity contribution in [1.82, 2.24) is 25.2 Å². The number of benzene rings is 2. The minimum Gasteiger partial charge on any atom is -0.496 e. The van der Waals surface area contributed by atoms with Crippen molar-refractivity contribution < 1.29 is 19.1 Å². The molecule has 0 spiro atoms. The first-order chi connectivity index (χ1) is 18.1. The normalized spacial score (nSPS) is 16.0. The lowest BCUT2D eigenvalue weighted by atomic mass is 10.1. The molecule has 37 heavy (non-hydrogen) atoms. The van der Waals surface area contributed by atoms with Crippen LogP contribution >= 0.6 is 11.3 Å². The Morgan fingerprint density at radius 2 is 2.03 bits per heavy atom. The number of hydrogen-bond donors (Lipinski definition) is 1. The zero-order valence-corrected chi connectivity index (χ0v) is 21.4. The first-order valence-electron chi connectivity index (χ1n) is 12.3. The predicted molar refractivity (Wildman–Crippen MR) is 140 cm³/mol. The second kappa shape index (κ2) is 11.5. The van der Waals surface area contributed by atoms with Crippen molar-refractivity contribution in [3.8, 4) is 5.75 Å². The van der Waals surface area contributed by atoms with Crippen molar-refractivity contribution in [2.24, 2.45) is 0 Å². The van der Waals surface area contributed by atoms with Crippen molar-refractivity contribution >= 4 is 34.2 Å². The van der Waals surface area contributed by atoms with Gasteiger partial charge >= 0.3 is 0 Å². The van der Waals surface area contributed by atoms with E-state index in [9.17, 15) is 9.59 Å². The summed E-state index contributed by atoms with van der Waals surface area (Å²) in [5.74, 6) is 0.146. The zero-order valence-electron chi connectivity index (χ0n) is 20.6. The molecule has 2 aromatic carbocycles. The highest BCUT2D eigenvalue weighted by atomic mass is 32.1. The molecule has 1 saturated heterocycles. The summed E-state index contributed by atoms with van der Waals surface area (Å²) in [6.07, 6.45) is 1.89. The largest absolute Gasteiger partial charge is 0.496 e. The summed E-state index contributed by atoms with van der Waals surface area (Å²) in [6, 6.07) is 17.9. The number of hydrogen-bond acceptors (Lipinski definition) is 7. The van der Waals surface area contributed by atoms with Gasteiger partial charge in [0.05, 0.1) is 25.3 Å². The molecule has 9 nitrogen and oxygen atoms in total. The number of methoxy groups -OCH3 is 1. The molecule has 0 radical (unpaired) electrons. The van der Waals surface area contributed by atoms with E-state index in [0.717, 1.165) is 28.8 Å². The lowest BCUT2D eigenvalue weighted by Gasteiger charge is -2.31. The lowest BCUT2D eigenvalue weighted by molar-refractivity contribution is -0.142. The van der Waals surface area contributed by atoms with Gasteiger partial charge in [-0.2, -0.15) is 0 Å². The van der Waals surface area contributed by atoms with Gasteiger partial charge in [0.2, 0.25) is 11.8 Å². The summed E-state index contributed by atoms with van der Waals surface area (Å²) in [5.41, 5.74) is 2.26. The van der Waals surface area contributed by atoms with Crippen molar-refractivity contribution in [2.45, 2.75) is 38.1 Å². The Hall–Kier alpha value is -3.76. The Balaban J connectivity index is 1.48. The average Bonchev–Trinajstić information content (AvgIpc) is 3.71. The monoisotopic (exact) mass is 519 g/mol. The van der Waals surface area contributed by atoms with Gasteiger partial charge in [-0.3, -0.25) is 9.59 Å². The molecule has 0 saturated carbocycles. The third kappa shape index (κ3) is 5.65. The Kier molecular flexibility index (Phi) is 7.76. The highest BCUT2D eigenvalue weighted by molar-refractivity contribution is 7.10. The van der Waals surface area contributed by atoms with Crippen molar-refractivity contribution in [3.05, 3.63) is 76.5 Å². The number of rotatable bonds is 10. The van der Waals surface area contributed by atoms with Crippen LogP contribution in [0.3, 0.4) is 0 Å². The molecule has 2 atom stereocenters. The third-order valence-electron chi connectivity index (χ3n) is 6.46. The van der Waals surface area contributed by atoms with Gasteiger partial charge in [0.15, 0.2) is 0 Å². The van der Waals surface area contributed by atoms with Crippen molar-refractivity contribution in [3.63, 3.8) is 0 Å². The smallest absolute Gasteiger partial charge is 0.248 e. The molecule has 1 aliphatic heterocycles. The second-order valence-corrected chi connectivity index (χ2v) is 9.85. The number of carbonyl (C=O) groups excluding carboxylic acids is 2. The van der Waals surface area contributed by atoms with Crippen LogP contribution in [0.25, 0.3) is 11.0 Å². The Morgan fingerprint density at radius 3 is 2.81 bits per heavy atom. The van der Waals surface area contributed by atoms with Gasteiger partial charge in [-0.25, -0.2) is 4.68 Å². The minimum absolute atomic E-state index is 0.00665. The van der Waals surface area contributed by atoms with Crippen LogP contribution in [0.4, 0.5) is 0 Å². The number of nitrogens with one attached hydrogen (secondary N) is 1. The van der Waals surface area contributed by atoms with Gasteiger partial charge in [-0.1, -0.05) is 41.6 Å². The van der Waals surface area contributed by atoms with E-state index in [0.29, 0.717) is 24.4 Å². The SMILES string of the molecule is COc1ccccc1CN(C(=O)Cn1nnc2ccccc21)[C@@H](C(=O)NC[C@H]1CCCO1)c1cccs1. The standard InChI is InChI=1S/C27H29N5O4S/c1-35-23-12-5-2-8-19(23)17-31(25(33)18-32-22-11-4-3-10-21(22)29-30-32)26(24-13-7-15-37-24)27(34)28-16-20-9-6-14-36-20/h2-5,7-8,10-13,15,20,26H,6,9,14,16-18H2,1H3,(H,28,34)/t20-,26-/m1/s1. The molecule has 10 heteroatoms. The first kappa shape index (κ1) is 24.9. The number of para-hydroxylation sites is 2. The molecule has 2 aromatic heterocycles. The molecule has 1 aliphatic rings. The molecule has 3 heterocycles. The molecule has 1 fully saturated rings. The van der Waals surface area contributed by atoms with Crippen molar-refractivity contribution in [1.29, 1.82) is 0 Å². The van der Waals surface area contributed by atoms with E-state index in [1.165, 1.54) is 11.3 Å². The Morgan fingerprint density at radius 1 is 1.19 bits per heavy atom. The molecule has 0 bridgehead atoms. The Bertz CT molecular complexity index is 1350. The second-order valence-electron chi connectivity index (χ2n) is 8.87. The van der Waals surface area contributed by atoms with Crippen LogP contribution in [0.5, 0.6) is 5.75 Å². The van der Waals surface area contributed by atoms with Crippen LogP contribution in [-0.2, 0) is 27.4 Å². The molecule has 0 aliphatic carbocycles. The number of nitrogens with zero attached hydrogens (tertiary/aromatic N) is 4. The van der Waals surface area contributed by atoms with E-state index in [-0.39, 0.29) is 31.0 Å². The average molecular weight is 520 g/mol. The van der Waals surface area contributed by atoms with Gasteiger partial charge in [-0.05, 0) is 42.5 Å². The van der Waals surface area contributed by atoms with Crippen LogP contribution in [0.15, 0.2) is 66.0 Å². The van der Waals surface area contributed by atoms with Crippen LogP contribution < -0.4 is 10.1 Å². The minimum atomic E-state index is -0.825. The maximum atomic E-state index is 14.0. The van der Waals surface area contributed by atoms with E-state index in [1.54, 1.807) is 16.7 Å². The van der Waals surface area contributed by atoms with E-state index in [4.69, 9.17) is 9.47 Å². The number of ether oxygens (including phenoxy) is 2. The zero-order chi connectivity index (χ0) is 25.6. The number of carbonyl (C=O) groups is 2. The van der Waals surface area contributed by atoms with E-state index < -0.39 is 6.04 Å². The maximum absolute atomic E-state index is 14.0. The molecular formula is C27H29N5O4S. The summed E-state index contributed by atoms with van der Waals surface area (Å²) in [4.78, 5) is 30.0. The highest BCUT2D eigenvalue weighted by Crippen LogP contribution is 2.30. The van der Waals surface area contributed by atoms with Gasteiger partial charge < -0.3 is 19.7 Å². The molecule has 192 valence electrons. The fourth-order valence-electron chi connectivity index (χ4n) is 4.58.